The Hall–Kier alpha value is -1.84. The van der Waals surface area contributed by atoms with Crippen molar-refractivity contribution in [2.75, 3.05) is 13.1 Å². The van der Waals surface area contributed by atoms with Crippen LogP contribution in [0, 0.1) is 5.41 Å². The molecular weight excluding hydrogens is 254 g/mol. The van der Waals surface area contributed by atoms with Crippen LogP contribution in [0.4, 0.5) is 0 Å². The molecule has 0 radical (unpaired) electrons. The van der Waals surface area contributed by atoms with E-state index in [1.807, 2.05) is 30.3 Å². The Morgan fingerprint density at radius 3 is 2.30 bits per heavy atom. The minimum Gasteiger partial charge on any atom is -0.481 e. The zero-order valence-electron chi connectivity index (χ0n) is 11.6. The lowest BCUT2D eigenvalue weighted by atomic mass is 9.90. The van der Waals surface area contributed by atoms with Crippen LogP contribution in [0.2, 0.25) is 0 Å². The lowest BCUT2D eigenvalue weighted by Crippen LogP contribution is -2.40. The van der Waals surface area contributed by atoms with E-state index in [0.717, 1.165) is 18.4 Å². The molecule has 1 N–H and O–H groups in total. The smallest absolute Gasteiger partial charge is 0.311 e. The summed E-state index contributed by atoms with van der Waals surface area (Å²) in [4.78, 5) is 25.8. The van der Waals surface area contributed by atoms with Gasteiger partial charge in [0.1, 0.15) is 0 Å². The van der Waals surface area contributed by atoms with Gasteiger partial charge in [0, 0.05) is 13.1 Å². The van der Waals surface area contributed by atoms with Crippen molar-refractivity contribution in [1.29, 1.82) is 0 Å². The largest absolute Gasteiger partial charge is 0.481 e. The molecule has 1 amide bonds. The molecule has 1 heterocycles. The quantitative estimate of drug-likeness (QED) is 0.917. The molecule has 1 aromatic carbocycles. The van der Waals surface area contributed by atoms with Crippen LogP contribution in [0.25, 0.3) is 0 Å². The predicted octanol–water partition coefficient (Wildman–Crippen LogP) is 2.04. The second-order valence-electron chi connectivity index (χ2n) is 6.29. The van der Waals surface area contributed by atoms with Gasteiger partial charge in [-0.15, -0.1) is 0 Å². The Balaban J connectivity index is 1.80. The number of benzene rings is 1. The molecule has 0 aromatic heterocycles. The van der Waals surface area contributed by atoms with E-state index < -0.39 is 11.4 Å². The van der Waals surface area contributed by atoms with Gasteiger partial charge in [0.25, 0.3) is 0 Å². The van der Waals surface area contributed by atoms with Gasteiger partial charge in [-0.1, -0.05) is 30.3 Å². The maximum atomic E-state index is 12.8. The van der Waals surface area contributed by atoms with Crippen molar-refractivity contribution in [3.63, 3.8) is 0 Å². The van der Waals surface area contributed by atoms with Crippen molar-refractivity contribution >= 4 is 11.9 Å². The average molecular weight is 273 g/mol. The number of carbonyl (C=O) groups excluding carboxylic acids is 1. The van der Waals surface area contributed by atoms with E-state index >= 15 is 0 Å². The Morgan fingerprint density at radius 1 is 1.15 bits per heavy atom. The molecule has 2 fully saturated rings. The highest BCUT2D eigenvalue weighted by Crippen LogP contribution is 2.50. The summed E-state index contributed by atoms with van der Waals surface area (Å²) in [5.41, 5.74) is -0.109. The van der Waals surface area contributed by atoms with Gasteiger partial charge < -0.3 is 10.0 Å². The minimum absolute atomic E-state index is 0.105. The third-order valence-electron chi connectivity index (χ3n) is 4.76. The zero-order chi connectivity index (χ0) is 14.4. The zero-order valence-corrected chi connectivity index (χ0v) is 11.6. The third-order valence-corrected chi connectivity index (χ3v) is 4.76. The summed E-state index contributed by atoms with van der Waals surface area (Å²) >= 11 is 0. The van der Waals surface area contributed by atoms with E-state index in [-0.39, 0.29) is 11.3 Å². The van der Waals surface area contributed by atoms with Crippen LogP contribution >= 0.6 is 0 Å². The molecule has 4 nitrogen and oxygen atoms in total. The monoisotopic (exact) mass is 273 g/mol. The minimum atomic E-state index is -0.808. The summed E-state index contributed by atoms with van der Waals surface area (Å²) in [6.07, 6.45) is 2.28. The normalized spacial score (nSPS) is 27.4. The van der Waals surface area contributed by atoms with Crippen molar-refractivity contribution in [2.45, 2.75) is 31.6 Å². The molecule has 4 heteroatoms. The van der Waals surface area contributed by atoms with E-state index in [1.165, 1.54) is 0 Å². The van der Waals surface area contributed by atoms with Gasteiger partial charge in [-0.2, -0.15) is 0 Å². The fraction of sp³-hybridized carbons (Fsp3) is 0.500. The van der Waals surface area contributed by atoms with Crippen molar-refractivity contribution in [2.24, 2.45) is 5.41 Å². The first-order chi connectivity index (χ1) is 9.48. The highest BCUT2D eigenvalue weighted by molar-refractivity contribution is 5.92. The molecule has 0 spiro atoms. The molecule has 1 aliphatic heterocycles. The first-order valence-corrected chi connectivity index (χ1v) is 7.06. The van der Waals surface area contributed by atoms with E-state index in [0.29, 0.717) is 19.5 Å². The first-order valence-electron chi connectivity index (χ1n) is 7.06. The maximum Gasteiger partial charge on any atom is 0.311 e. The van der Waals surface area contributed by atoms with Gasteiger partial charge in [-0.05, 0) is 31.7 Å². The summed E-state index contributed by atoms with van der Waals surface area (Å²) in [6, 6.07) is 9.85. The number of rotatable bonds is 3. The fourth-order valence-corrected chi connectivity index (χ4v) is 3.12. The number of aliphatic carboxylic acids is 1. The van der Waals surface area contributed by atoms with Gasteiger partial charge >= 0.3 is 5.97 Å². The Labute approximate surface area is 118 Å². The predicted molar refractivity (Wildman–Crippen MR) is 74.3 cm³/mol. The molecule has 3 rings (SSSR count). The summed E-state index contributed by atoms with van der Waals surface area (Å²) in [5.74, 6) is -0.703. The lowest BCUT2D eigenvalue weighted by molar-refractivity contribution is -0.147. The molecule has 20 heavy (non-hydrogen) atoms. The first kappa shape index (κ1) is 13.2. The van der Waals surface area contributed by atoms with Gasteiger partial charge in [0.2, 0.25) is 5.91 Å². The Kier molecular flexibility index (Phi) is 2.85. The SMILES string of the molecule is CC1(C(=O)O)CCN(C(=O)C2(c3ccccc3)CC2)C1. The Bertz CT molecular complexity index is 550. The maximum absolute atomic E-state index is 12.8. The van der Waals surface area contributed by atoms with Crippen molar-refractivity contribution < 1.29 is 14.7 Å². The van der Waals surface area contributed by atoms with E-state index in [2.05, 4.69) is 0 Å². The second kappa shape index (κ2) is 4.33. The standard InChI is InChI=1S/C16H19NO3/c1-15(14(19)20)9-10-17(11-15)13(18)16(7-8-16)12-5-3-2-4-6-12/h2-6H,7-11H2,1H3,(H,19,20). The van der Waals surface area contributed by atoms with Crippen LogP contribution in [0.3, 0.4) is 0 Å². The highest BCUT2D eigenvalue weighted by atomic mass is 16.4. The lowest BCUT2D eigenvalue weighted by Gasteiger charge is -2.25. The third kappa shape index (κ3) is 1.90. The van der Waals surface area contributed by atoms with E-state index in [4.69, 9.17) is 0 Å². The van der Waals surface area contributed by atoms with Gasteiger partial charge in [-0.3, -0.25) is 9.59 Å². The van der Waals surface area contributed by atoms with E-state index in [1.54, 1.807) is 11.8 Å². The molecular formula is C16H19NO3. The van der Waals surface area contributed by atoms with Crippen molar-refractivity contribution in [3.8, 4) is 0 Å². The molecule has 1 atom stereocenters. The molecule has 1 saturated carbocycles. The molecule has 1 aromatic rings. The van der Waals surface area contributed by atoms with Gasteiger partial charge in [0.05, 0.1) is 10.8 Å². The molecule has 106 valence electrons. The summed E-state index contributed by atoms with van der Waals surface area (Å²) in [5, 5.41) is 9.27. The summed E-state index contributed by atoms with van der Waals surface area (Å²) < 4.78 is 0. The number of amides is 1. The number of carbonyl (C=O) groups is 2. The van der Waals surface area contributed by atoms with Gasteiger partial charge in [-0.25, -0.2) is 0 Å². The van der Waals surface area contributed by atoms with Crippen LogP contribution < -0.4 is 0 Å². The number of likely N-dealkylation sites (tertiary alicyclic amines) is 1. The highest BCUT2D eigenvalue weighted by Gasteiger charge is 2.55. The number of hydrogen-bond acceptors (Lipinski definition) is 2. The van der Waals surface area contributed by atoms with Gasteiger partial charge in [0.15, 0.2) is 0 Å². The molecule has 1 unspecified atom stereocenters. The number of carboxylic acid groups (broad SMARTS) is 1. The topological polar surface area (TPSA) is 57.6 Å². The van der Waals surface area contributed by atoms with Crippen molar-refractivity contribution in [1.82, 2.24) is 4.90 Å². The molecule has 2 aliphatic rings. The van der Waals surface area contributed by atoms with E-state index in [9.17, 15) is 14.7 Å². The number of nitrogens with zero attached hydrogens (tertiary/aromatic N) is 1. The van der Waals surface area contributed by atoms with Crippen molar-refractivity contribution in [3.05, 3.63) is 35.9 Å². The average Bonchev–Trinajstić information content (AvgIpc) is 3.16. The molecule has 1 aliphatic carbocycles. The number of carboxylic acids is 1. The summed E-state index contributed by atoms with van der Waals surface area (Å²) in [7, 11) is 0. The second-order valence-corrected chi connectivity index (χ2v) is 6.29. The van der Waals surface area contributed by atoms with Crippen LogP contribution in [-0.4, -0.2) is 35.0 Å². The van der Waals surface area contributed by atoms with Crippen LogP contribution in [0.15, 0.2) is 30.3 Å². The molecule has 1 saturated heterocycles. The van der Waals surface area contributed by atoms with Crippen LogP contribution in [-0.2, 0) is 15.0 Å². The summed E-state index contributed by atoms with van der Waals surface area (Å²) in [6.45, 7) is 2.61. The Morgan fingerprint density at radius 2 is 1.80 bits per heavy atom. The van der Waals surface area contributed by atoms with Crippen LogP contribution in [0.1, 0.15) is 31.7 Å². The number of hydrogen-bond donors (Lipinski definition) is 1. The molecule has 0 bridgehead atoms. The fourth-order valence-electron chi connectivity index (χ4n) is 3.12. The van der Waals surface area contributed by atoms with Crippen LogP contribution in [0.5, 0.6) is 0 Å².